The number of ether oxygens (including phenoxy) is 2. The number of anilines is 3. The lowest BCUT2D eigenvalue weighted by atomic mass is 9.89. The molecule has 190 valence electrons. The van der Waals surface area contributed by atoms with Crippen molar-refractivity contribution in [2.24, 2.45) is 0 Å². The number of nitrogens with one attached hydrogen (secondary N) is 1. The minimum atomic E-state index is 0.180. The highest BCUT2D eigenvalue weighted by molar-refractivity contribution is 6.04. The molecule has 0 spiro atoms. The number of likely N-dealkylation sites (N-methyl/N-ethyl adjacent to an activating group) is 1. The largest absolute Gasteiger partial charge is 0.496 e. The van der Waals surface area contributed by atoms with Gasteiger partial charge < -0.3 is 26.3 Å². The fourth-order valence-electron chi connectivity index (χ4n) is 5.50. The fourth-order valence-corrected chi connectivity index (χ4v) is 5.50. The molecule has 0 radical (unpaired) electrons. The zero-order valence-corrected chi connectivity index (χ0v) is 21.6. The summed E-state index contributed by atoms with van der Waals surface area (Å²) in [5.41, 5.74) is 22.1. The molecule has 37 heavy (non-hydrogen) atoms. The number of nitrogen functional groups attached to an aromatic ring is 2. The summed E-state index contributed by atoms with van der Waals surface area (Å²) in [6.45, 7) is 6.61. The number of hydrogen-bond donors (Lipinski definition) is 3. The van der Waals surface area contributed by atoms with Gasteiger partial charge in [0.2, 0.25) is 11.8 Å². The monoisotopic (exact) mass is 497 g/mol. The van der Waals surface area contributed by atoms with Crippen LogP contribution in [0.4, 0.5) is 17.3 Å². The molecule has 1 unspecified atom stereocenters. The maximum Gasteiger partial charge on any atom is 0.237 e. The molecule has 0 saturated heterocycles. The number of nitrogens with two attached hydrogens (primary N) is 2. The van der Waals surface area contributed by atoms with E-state index in [9.17, 15) is 0 Å². The molecule has 4 aromatic rings. The van der Waals surface area contributed by atoms with Crippen LogP contribution in [-0.4, -0.2) is 53.7 Å². The molecule has 6 rings (SSSR count). The summed E-state index contributed by atoms with van der Waals surface area (Å²) in [7, 11) is 3.83. The number of benzene rings is 2. The minimum Gasteiger partial charge on any atom is -0.496 e. The number of nitrogens with zero attached hydrogens (tertiary/aromatic N) is 4. The Morgan fingerprint density at radius 2 is 1.97 bits per heavy atom. The first-order valence-corrected chi connectivity index (χ1v) is 12.5. The van der Waals surface area contributed by atoms with Crippen molar-refractivity contribution in [3.8, 4) is 34.0 Å². The molecule has 2 aromatic carbocycles. The van der Waals surface area contributed by atoms with Crippen molar-refractivity contribution in [2.45, 2.75) is 26.3 Å². The Labute approximate surface area is 215 Å². The van der Waals surface area contributed by atoms with E-state index in [4.69, 9.17) is 20.9 Å². The highest BCUT2D eigenvalue weighted by Crippen LogP contribution is 2.43. The molecule has 0 fully saturated rings. The summed E-state index contributed by atoms with van der Waals surface area (Å²) in [5, 5.41) is 4.14. The standard InChI is InChI=1S/C28H31N7O2/c1-14-20(13-32-27-25(14)31-6-8-37-27)17-9-21(29)24-22(10-17)33-28(30)34-26(24)19-12-18-15(2)35(3)7-5-16(18)11-23(19)36-4/h9-13,15,31H,5-8,29H2,1-4H3,(H2,30,33,34). The van der Waals surface area contributed by atoms with Crippen LogP contribution in [0.1, 0.15) is 29.7 Å². The van der Waals surface area contributed by atoms with Gasteiger partial charge in [-0.15, -0.1) is 0 Å². The van der Waals surface area contributed by atoms with Gasteiger partial charge in [0.25, 0.3) is 0 Å². The Balaban J connectivity index is 1.55. The van der Waals surface area contributed by atoms with Crippen LogP contribution in [0, 0.1) is 6.92 Å². The van der Waals surface area contributed by atoms with E-state index in [0.717, 1.165) is 58.6 Å². The minimum absolute atomic E-state index is 0.180. The molecule has 9 heteroatoms. The van der Waals surface area contributed by atoms with Crippen LogP contribution in [0.3, 0.4) is 0 Å². The second kappa shape index (κ2) is 8.77. The zero-order chi connectivity index (χ0) is 25.8. The Hall–Kier alpha value is -4.11. The third kappa shape index (κ3) is 3.77. The first-order valence-electron chi connectivity index (χ1n) is 12.5. The van der Waals surface area contributed by atoms with Gasteiger partial charge in [-0.1, -0.05) is 0 Å². The topological polar surface area (TPSA) is 124 Å². The Morgan fingerprint density at radius 1 is 1.14 bits per heavy atom. The molecule has 0 amide bonds. The Kier molecular flexibility index (Phi) is 5.52. The van der Waals surface area contributed by atoms with E-state index in [1.54, 1.807) is 7.11 Å². The SMILES string of the molecule is COc1cc2c(cc1-c1nc(N)nc3cc(-c4cnc5c(c4C)NCCO5)cc(N)c13)C(C)N(C)CC2. The number of fused-ring (bicyclic) bond motifs is 3. The van der Waals surface area contributed by atoms with Crippen molar-refractivity contribution in [1.82, 2.24) is 19.9 Å². The van der Waals surface area contributed by atoms with E-state index in [-0.39, 0.29) is 12.0 Å². The van der Waals surface area contributed by atoms with Gasteiger partial charge in [0.15, 0.2) is 0 Å². The predicted molar refractivity (Wildman–Crippen MR) is 147 cm³/mol. The van der Waals surface area contributed by atoms with E-state index in [0.29, 0.717) is 29.4 Å². The van der Waals surface area contributed by atoms with Crippen LogP contribution in [0.2, 0.25) is 0 Å². The summed E-state index contributed by atoms with van der Waals surface area (Å²) < 4.78 is 11.5. The van der Waals surface area contributed by atoms with Crippen LogP contribution >= 0.6 is 0 Å². The smallest absolute Gasteiger partial charge is 0.237 e. The van der Waals surface area contributed by atoms with E-state index < -0.39 is 0 Å². The van der Waals surface area contributed by atoms with Crippen molar-refractivity contribution in [3.05, 3.63) is 47.2 Å². The molecule has 2 aliphatic heterocycles. The fraction of sp³-hybridized carbons (Fsp3) is 0.321. The third-order valence-electron chi connectivity index (χ3n) is 7.67. The average molecular weight is 498 g/mol. The van der Waals surface area contributed by atoms with Gasteiger partial charge in [0.05, 0.1) is 18.3 Å². The van der Waals surface area contributed by atoms with Gasteiger partial charge in [0, 0.05) is 47.5 Å². The van der Waals surface area contributed by atoms with Gasteiger partial charge in [-0.25, -0.2) is 15.0 Å². The van der Waals surface area contributed by atoms with Gasteiger partial charge in [-0.2, -0.15) is 0 Å². The van der Waals surface area contributed by atoms with Crippen LogP contribution < -0.4 is 26.3 Å². The summed E-state index contributed by atoms with van der Waals surface area (Å²) in [4.78, 5) is 16.1. The number of rotatable bonds is 3. The van der Waals surface area contributed by atoms with Gasteiger partial charge in [-0.05, 0) is 73.8 Å². The summed E-state index contributed by atoms with van der Waals surface area (Å²) in [6, 6.07) is 8.52. The van der Waals surface area contributed by atoms with Crippen LogP contribution in [0.25, 0.3) is 33.3 Å². The molecular formula is C28H31N7O2. The summed E-state index contributed by atoms with van der Waals surface area (Å²) >= 11 is 0. The van der Waals surface area contributed by atoms with E-state index >= 15 is 0 Å². The molecule has 1 atom stereocenters. The quantitative estimate of drug-likeness (QED) is 0.357. The van der Waals surface area contributed by atoms with Crippen LogP contribution in [0.15, 0.2) is 30.5 Å². The highest BCUT2D eigenvalue weighted by atomic mass is 16.5. The maximum atomic E-state index is 6.72. The maximum absolute atomic E-state index is 6.72. The van der Waals surface area contributed by atoms with Gasteiger partial charge in [-0.3, -0.25) is 4.90 Å². The highest BCUT2D eigenvalue weighted by Gasteiger charge is 2.26. The molecule has 0 saturated carbocycles. The number of aromatic nitrogens is 3. The van der Waals surface area contributed by atoms with E-state index in [1.165, 1.54) is 11.1 Å². The molecule has 5 N–H and O–H groups in total. The average Bonchev–Trinajstić information content (AvgIpc) is 2.89. The second-order valence-corrected chi connectivity index (χ2v) is 9.80. The van der Waals surface area contributed by atoms with Crippen LogP contribution in [-0.2, 0) is 6.42 Å². The molecular weight excluding hydrogens is 466 g/mol. The molecule has 2 aromatic heterocycles. The third-order valence-corrected chi connectivity index (χ3v) is 7.67. The number of pyridine rings is 1. The Morgan fingerprint density at radius 3 is 2.78 bits per heavy atom. The van der Waals surface area contributed by atoms with Crippen molar-refractivity contribution in [2.75, 3.05) is 50.6 Å². The molecule has 0 aliphatic carbocycles. The summed E-state index contributed by atoms with van der Waals surface area (Å²) in [6.07, 6.45) is 2.79. The van der Waals surface area contributed by atoms with Crippen molar-refractivity contribution in [3.63, 3.8) is 0 Å². The van der Waals surface area contributed by atoms with Crippen molar-refractivity contribution in [1.29, 1.82) is 0 Å². The molecule has 9 nitrogen and oxygen atoms in total. The molecule has 4 heterocycles. The predicted octanol–water partition coefficient (Wildman–Crippen LogP) is 4.19. The van der Waals surface area contributed by atoms with Gasteiger partial charge in [0.1, 0.15) is 18.0 Å². The van der Waals surface area contributed by atoms with Gasteiger partial charge >= 0.3 is 0 Å². The number of hydrogen-bond acceptors (Lipinski definition) is 9. The van der Waals surface area contributed by atoms with E-state index in [1.807, 2.05) is 25.3 Å². The molecule has 2 aliphatic rings. The molecule has 0 bridgehead atoms. The van der Waals surface area contributed by atoms with Crippen LogP contribution in [0.5, 0.6) is 11.6 Å². The lowest BCUT2D eigenvalue weighted by Crippen LogP contribution is -2.30. The lowest BCUT2D eigenvalue weighted by Gasteiger charge is -2.33. The van der Waals surface area contributed by atoms with E-state index in [2.05, 4.69) is 51.3 Å². The first-order chi connectivity index (χ1) is 17.9. The summed E-state index contributed by atoms with van der Waals surface area (Å²) in [5.74, 6) is 1.55. The second-order valence-electron chi connectivity index (χ2n) is 9.80. The van der Waals surface area contributed by atoms with Crippen molar-refractivity contribution < 1.29 is 9.47 Å². The normalized spacial score (nSPS) is 17.0. The number of methoxy groups -OCH3 is 1. The Bertz CT molecular complexity index is 1550. The lowest BCUT2D eigenvalue weighted by molar-refractivity contribution is 0.247. The van der Waals surface area contributed by atoms with Crippen molar-refractivity contribution >= 4 is 28.2 Å². The zero-order valence-electron chi connectivity index (χ0n) is 21.6. The first kappa shape index (κ1) is 23.3.